The van der Waals surface area contributed by atoms with Gasteiger partial charge in [0.25, 0.3) is 0 Å². The summed E-state index contributed by atoms with van der Waals surface area (Å²) in [6.45, 7) is 0. The summed E-state index contributed by atoms with van der Waals surface area (Å²) >= 11 is 0. The highest BCUT2D eigenvalue weighted by atomic mass is 15.1. The minimum Gasteiger partial charge on any atom is -0.309 e. The average Bonchev–Trinajstić information content (AvgIpc) is 3.43. The van der Waals surface area contributed by atoms with Crippen LogP contribution in [0.5, 0.6) is 0 Å². The van der Waals surface area contributed by atoms with Crippen LogP contribution in [0, 0.1) is 0 Å². The zero-order chi connectivity index (χ0) is 21.1. The topological polar surface area (TPSA) is 22.8 Å². The molecule has 150 valence electrons. The molecule has 0 aliphatic heterocycles. The summed E-state index contributed by atoms with van der Waals surface area (Å²) in [5.41, 5.74) is 5.78. The van der Waals surface area contributed by atoms with Crippen LogP contribution in [0.25, 0.3) is 55.1 Å². The Morgan fingerprint density at radius 3 is 2.22 bits per heavy atom. The van der Waals surface area contributed by atoms with Crippen molar-refractivity contribution in [3.05, 3.63) is 115 Å². The van der Waals surface area contributed by atoms with Gasteiger partial charge in [-0.25, -0.2) is 4.98 Å². The number of pyridine rings is 1. The molecular formula is C29H19N3. The van der Waals surface area contributed by atoms with Gasteiger partial charge in [-0.3, -0.25) is 0 Å². The maximum Gasteiger partial charge on any atom is 0.137 e. The molecule has 0 fully saturated rings. The van der Waals surface area contributed by atoms with Crippen LogP contribution in [-0.2, 0) is 0 Å². The highest BCUT2D eigenvalue weighted by Gasteiger charge is 2.16. The Balaban J connectivity index is 1.55. The van der Waals surface area contributed by atoms with Gasteiger partial charge in [-0.2, -0.15) is 0 Å². The molecule has 3 nitrogen and oxygen atoms in total. The number of hydrogen-bond acceptors (Lipinski definition) is 1. The van der Waals surface area contributed by atoms with E-state index in [9.17, 15) is 0 Å². The smallest absolute Gasteiger partial charge is 0.137 e. The van der Waals surface area contributed by atoms with Gasteiger partial charge in [0, 0.05) is 33.4 Å². The molecule has 0 bridgehead atoms. The van der Waals surface area contributed by atoms with Crippen molar-refractivity contribution in [3.63, 3.8) is 0 Å². The third kappa shape index (κ3) is 2.39. The minimum atomic E-state index is 0.935. The molecule has 0 N–H and O–H groups in total. The second kappa shape index (κ2) is 6.56. The number of para-hydroxylation sites is 3. The monoisotopic (exact) mass is 409 g/mol. The molecule has 0 unspecified atom stereocenters. The lowest BCUT2D eigenvalue weighted by Crippen LogP contribution is -1.96. The van der Waals surface area contributed by atoms with Gasteiger partial charge in [-0.05, 0) is 54.6 Å². The molecule has 0 aliphatic rings. The van der Waals surface area contributed by atoms with Crippen LogP contribution in [0.3, 0.4) is 0 Å². The maximum atomic E-state index is 4.92. The van der Waals surface area contributed by atoms with E-state index < -0.39 is 0 Å². The Hall–Kier alpha value is -4.37. The third-order valence-corrected chi connectivity index (χ3v) is 6.35. The number of rotatable bonds is 2. The Morgan fingerprint density at radius 1 is 0.531 bits per heavy atom. The van der Waals surface area contributed by atoms with E-state index in [4.69, 9.17) is 4.98 Å². The molecule has 3 aromatic heterocycles. The quantitative estimate of drug-likeness (QED) is 0.294. The lowest BCUT2D eigenvalue weighted by Gasteiger charge is -2.08. The summed E-state index contributed by atoms with van der Waals surface area (Å²) in [5.74, 6) is 0.935. The van der Waals surface area contributed by atoms with Crippen molar-refractivity contribution in [2.45, 2.75) is 0 Å². The van der Waals surface area contributed by atoms with Gasteiger partial charge in [-0.15, -0.1) is 0 Å². The van der Waals surface area contributed by atoms with E-state index in [2.05, 4.69) is 112 Å². The van der Waals surface area contributed by atoms with Gasteiger partial charge in [-0.1, -0.05) is 54.6 Å². The summed E-state index contributed by atoms with van der Waals surface area (Å²) in [6.07, 6.45) is 2.13. The van der Waals surface area contributed by atoms with E-state index >= 15 is 0 Å². The highest BCUT2D eigenvalue weighted by molar-refractivity contribution is 6.21. The largest absolute Gasteiger partial charge is 0.309 e. The standard InChI is InChI=1S/C29H19N3/c1-2-9-21(10-3-1)32-26-13-7-5-11-22(26)29-23-18-19-31(25(23)15-16-27(29)32)28-17-14-20-8-4-6-12-24(20)30-28/h1-19H. The van der Waals surface area contributed by atoms with Crippen molar-refractivity contribution in [1.82, 2.24) is 14.1 Å². The van der Waals surface area contributed by atoms with Crippen LogP contribution in [0.1, 0.15) is 0 Å². The first kappa shape index (κ1) is 17.3. The molecule has 7 aromatic rings. The number of benzene rings is 4. The van der Waals surface area contributed by atoms with Crippen LogP contribution < -0.4 is 0 Å². The zero-order valence-electron chi connectivity index (χ0n) is 17.3. The van der Waals surface area contributed by atoms with Crippen LogP contribution in [0.4, 0.5) is 0 Å². The Bertz CT molecular complexity index is 1770. The number of fused-ring (bicyclic) bond motifs is 6. The molecular weight excluding hydrogens is 390 g/mol. The molecule has 0 saturated heterocycles. The van der Waals surface area contributed by atoms with Crippen molar-refractivity contribution < 1.29 is 0 Å². The third-order valence-electron chi connectivity index (χ3n) is 6.35. The Kier molecular flexibility index (Phi) is 3.55. The molecule has 0 atom stereocenters. The van der Waals surface area contributed by atoms with E-state index in [0.29, 0.717) is 0 Å². The molecule has 0 saturated carbocycles. The SMILES string of the molecule is c1ccc(-n2c3ccccc3c3c4ccn(-c5ccc6ccccc6n5)c4ccc32)cc1. The van der Waals surface area contributed by atoms with Gasteiger partial charge >= 0.3 is 0 Å². The zero-order valence-corrected chi connectivity index (χ0v) is 17.3. The lowest BCUT2D eigenvalue weighted by molar-refractivity contribution is 1.06. The van der Waals surface area contributed by atoms with E-state index in [1.54, 1.807) is 0 Å². The first-order valence-electron chi connectivity index (χ1n) is 10.8. The average molecular weight is 409 g/mol. The highest BCUT2D eigenvalue weighted by Crippen LogP contribution is 2.37. The van der Waals surface area contributed by atoms with Crippen molar-refractivity contribution in [3.8, 4) is 11.5 Å². The molecule has 3 heterocycles. The van der Waals surface area contributed by atoms with Gasteiger partial charge in [0.2, 0.25) is 0 Å². The van der Waals surface area contributed by atoms with Crippen LogP contribution >= 0.6 is 0 Å². The van der Waals surface area contributed by atoms with Crippen molar-refractivity contribution in [2.24, 2.45) is 0 Å². The molecule has 7 rings (SSSR count). The maximum absolute atomic E-state index is 4.92. The Morgan fingerprint density at radius 2 is 1.28 bits per heavy atom. The molecule has 0 aliphatic carbocycles. The fourth-order valence-electron chi connectivity index (χ4n) is 4.93. The molecule has 32 heavy (non-hydrogen) atoms. The predicted molar refractivity (Wildman–Crippen MR) is 133 cm³/mol. The van der Waals surface area contributed by atoms with Crippen LogP contribution in [0.15, 0.2) is 115 Å². The fraction of sp³-hybridized carbons (Fsp3) is 0. The van der Waals surface area contributed by atoms with Crippen molar-refractivity contribution in [1.29, 1.82) is 0 Å². The summed E-state index contributed by atoms with van der Waals surface area (Å²) in [7, 11) is 0. The second-order valence-electron chi connectivity index (χ2n) is 8.13. The molecule has 0 amide bonds. The van der Waals surface area contributed by atoms with Crippen LogP contribution in [0.2, 0.25) is 0 Å². The molecule has 0 spiro atoms. The summed E-state index contributed by atoms with van der Waals surface area (Å²) in [4.78, 5) is 4.92. The summed E-state index contributed by atoms with van der Waals surface area (Å²) in [6, 6.07) is 38.4. The lowest BCUT2D eigenvalue weighted by atomic mass is 10.1. The first-order chi connectivity index (χ1) is 15.9. The first-order valence-corrected chi connectivity index (χ1v) is 10.8. The number of nitrogens with zero attached hydrogens (tertiary/aromatic N) is 3. The number of hydrogen-bond donors (Lipinski definition) is 0. The van der Waals surface area contributed by atoms with Gasteiger partial charge < -0.3 is 9.13 Å². The summed E-state index contributed by atoms with van der Waals surface area (Å²) < 4.78 is 4.55. The van der Waals surface area contributed by atoms with Gasteiger partial charge in [0.15, 0.2) is 0 Å². The van der Waals surface area contributed by atoms with E-state index in [0.717, 1.165) is 22.2 Å². The van der Waals surface area contributed by atoms with E-state index in [1.165, 1.54) is 32.9 Å². The Labute approximate surface area is 184 Å². The van der Waals surface area contributed by atoms with E-state index in [-0.39, 0.29) is 0 Å². The normalized spacial score (nSPS) is 11.8. The molecule has 4 aromatic carbocycles. The van der Waals surface area contributed by atoms with Crippen molar-refractivity contribution in [2.75, 3.05) is 0 Å². The second-order valence-corrected chi connectivity index (χ2v) is 8.13. The van der Waals surface area contributed by atoms with Crippen LogP contribution in [-0.4, -0.2) is 14.1 Å². The molecule has 0 radical (unpaired) electrons. The van der Waals surface area contributed by atoms with E-state index in [1.807, 2.05) is 12.1 Å². The fourth-order valence-corrected chi connectivity index (χ4v) is 4.93. The number of aromatic nitrogens is 3. The van der Waals surface area contributed by atoms with Gasteiger partial charge in [0.05, 0.1) is 22.1 Å². The van der Waals surface area contributed by atoms with Gasteiger partial charge in [0.1, 0.15) is 5.82 Å². The molecule has 3 heteroatoms. The summed E-state index contributed by atoms with van der Waals surface area (Å²) in [5, 5.41) is 4.94. The minimum absolute atomic E-state index is 0.935. The predicted octanol–water partition coefficient (Wildman–Crippen LogP) is 7.28. The van der Waals surface area contributed by atoms with Crippen molar-refractivity contribution >= 4 is 43.6 Å².